The second-order valence-electron chi connectivity index (χ2n) is 6.24. The van der Waals surface area contributed by atoms with E-state index in [1.165, 1.54) is 38.5 Å². The van der Waals surface area contributed by atoms with Crippen molar-refractivity contribution in [1.29, 1.82) is 0 Å². The van der Waals surface area contributed by atoms with Crippen molar-refractivity contribution in [3.8, 4) is 6.01 Å². The highest BCUT2D eigenvalue weighted by Crippen LogP contribution is 2.27. The summed E-state index contributed by atoms with van der Waals surface area (Å²) in [7, 11) is 0. The molecule has 3 rings (SSSR count). The lowest BCUT2D eigenvalue weighted by Gasteiger charge is -2.29. The van der Waals surface area contributed by atoms with Crippen LogP contribution in [0, 0.1) is 5.92 Å². The van der Waals surface area contributed by atoms with Crippen molar-refractivity contribution < 1.29 is 4.74 Å². The van der Waals surface area contributed by atoms with Gasteiger partial charge in [0.15, 0.2) is 0 Å². The first-order valence-corrected chi connectivity index (χ1v) is 8.15. The highest BCUT2D eigenvalue weighted by molar-refractivity contribution is 5.36. The van der Waals surface area contributed by atoms with Crippen LogP contribution in [-0.4, -0.2) is 34.1 Å². The zero-order valence-electron chi connectivity index (χ0n) is 12.8. The van der Waals surface area contributed by atoms with Gasteiger partial charge in [-0.15, -0.1) is 0 Å². The molecule has 0 radical (unpaired) electrons. The topological polar surface area (TPSA) is 77.2 Å². The molecule has 2 heterocycles. The average Bonchev–Trinajstić information content (AvgIpc) is 2.50. The van der Waals surface area contributed by atoms with E-state index in [0.717, 1.165) is 19.5 Å². The fraction of sp³-hybridized carbons (Fsp3) is 0.800. The van der Waals surface area contributed by atoms with E-state index in [-0.39, 0.29) is 12.1 Å². The predicted molar refractivity (Wildman–Crippen MR) is 82.4 cm³/mol. The second-order valence-corrected chi connectivity index (χ2v) is 6.24. The SMILES string of the molecule is CC1CCCCC1Oc1nc(N)nc(N2CCCCC2)n1. The Hall–Kier alpha value is -1.59. The Balaban J connectivity index is 1.73. The van der Waals surface area contributed by atoms with Gasteiger partial charge in [-0.2, -0.15) is 15.0 Å². The van der Waals surface area contributed by atoms with Crippen LogP contribution in [0.1, 0.15) is 51.9 Å². The molecule has 0 aromatic carbocycles. The molecule has 2 fully saturated rings. The molecule has 1 aromatic rings. The molecule has 6 nitrogen and oxygen atoms in total. The summed E-state index contributed by atoms with van der Waals surface area (Å²) in [6.07, 6.45) is 8.64. The smallest absolute Gasteiger partial charge is 0.323 e. The Morgan fingerprint density at radius 2 is 1.76 bits per heavy atom. The molecule has 1 aliphatic heterocycles. The standard InChI is InChI=1S/C15H25N5O/c1-11-7-3-4-8-12(11)21-15-18-13(16)17-14(19-15)20-9-5-2-6-10-20/h11-12H,2-10H2,1H3,(H2,16,17,18,19). The lowest BCUT2D eigenvalue weighted by Crippen LogP contribution is -2.32. The van der Waals surface area contributed by atoms with Gasteiger partial charge in [-0.3, -0.25) is 0 Å². The van der Waals surface area contributed by atoms with E-state index >= 15 is 0 Å². The number of nitrogens with two attached hydrogens (primary N) is 1. The number of piperidine rings is 1. The van der Waals surface area contributed by atoms with E-state index in [9.17, 15) is 0 Å². The maximum Gasteiger partial charge on any atom is 0.323 e. The van der Waals surface area contributed by atoms with E-state index in [0.29, 0.717) is 17.9 Å². The number of hydrogen-bond donors (Lipinski definition) is 1. The van der Waals surface area contributed by atoms with Crippen molar-refractivity contribution in [2.24, 2.45) is 5.92 Å². The monoisotopic (exact) mass is 291 g/mol. The van der Waals surface area contributed by atoms with Crippen LogP contribution < -0.4 is 15.4 Å². The first-order chi connectivity index (χ1) is 10.2. The average molecular weight is 291 g/mol. The molecule has 21 heavy (non-hydrogen) atoms. The highest BCUT2D eigenvalue weighted by atomic mass is 16.5. The summed E-state index contributed by atoms with van der Waals surface area (Å²) in [5.41, 5.74) is 5.84. The molecule has 116 valence electrons. The summed E-state index contributed by atoms with van der Waals surface area (Å²) in [5, 5.41) is 0. The molecule has 2 atom stereocenters. The molecular weight excluding hydrogens is 266 g/mol. The fourth-order valence-corrected chi connectivity index (χ4v) is 3.24. The zero-order chi connectivity index (χ0) is 14.7. The van der Waals surface area contributed by atoms with Gasteiger partial charge in [0, 0.05) is 13.1 Å². The molecule has 1 aromatic heterocycles. The van der Waals surface area contributed by atoms with Gasteiger partial charge in [0.1, 0.15) is 6.10 Å². The van der Waals surface area contributed by atoms with Gasteiger partial charge in [-0.1, -0.05) is 13.3 Å². The Morgan fingerprint density at radius 3 is 2.52 bits per heavy atom. The van der Waals surface area contributed by atoms with E-state index in [1.807, 2.05) is 0 Å². The largest absolute Gasteiger partial charge is 0.460 e. The number of nitrogen functional groups attached to an aromatic ring is 1. The van der Waals surface area contributed by atoms with Crippen molar-refractivity contribution >= 4 is 11.9 Å². The van der Waals surface area contributed by atoms with Crippen molar-refractivity contribution in [3.63, 3.8) is 0 Å². The molecular formula is C15H25N5O. The van der Waals surface area contributed by atoms with Gasteiger partial charge in [0.25, 0.3) is 0 Å². The summed E-state index contributed by atoms with van der Waals surface area (Å²) in [6, 6.07) is 0.391. The van der Waals surface area contributed by atoms with Crippen LogP contribution in [0.3, 0.4) is 0 Å². The van der Waals surface area contributed by atoms with Crippen molar-refractivity contribution in [1.82, 2.24) is 15.0 Å². The number of anilines is 2. The van der Waals surface area contributed by atoms with Gasteiger partial charge >= 0.3 is 6.01 Å². The van der Waals surface area contributed by atoms with Crippen LogP contribution in [0.4, 0.5) is 11.9 Å². The van der Waals surface area contributed by atoms with Crippen molar-refractivity contribution in [2.75, 3.05) is 23.7 Å². The minimum absolute atomic E-state index is 0.203. The molecule has 0 amide bonds. The summed E-state index contributed by atoms with van der Waals surface area (Å²) in [5.74, 6) is 1.47. The molecule has 2 N–H and O–H groups in total. The van der Waals surface area contributed by atoms with Gasteiger partial charge in [0.05, 0.1) is 0 Å². The van der Waals surface area contributed by atoms with E-state index in [2.05, 4.69) is 26.8 Å². The maximum absolute atomic E-state index is 6.01. The number of ether oxygens (including phenoxy) is 1. The predicted octanol–water partition coefficient (Wildman–Crippen LogP) is 2.40. The molecule has 1 saturated carbocycles. The van der Waals surface area contributed by atoms with Crippen LogP contribution >= 0.6 is 0 Å². The van der Waals surface area contributed by atoms with Gasteiger partial charge in [-0.25, -0.2) is 0 Å². The molecule has 6 heteroatoms. The summed E-state index contributed by atoms with van der Waals surface area (Å²) < 4.78 is 6.01. The van der Waals surface area contributed by atoms with Gasteiger partial charge in [0.2, 0.25) is 11.9 Å². The van der Waals surface area contributed by atoms with E-state index < -0.39 is 0 Å². The molecule has 1 aliphatic carbocycles. The van der Waals surface area contributed by atoms with Gasteiger partial charge in [-0.05, 0) is 44.4 Å². The van der Waals surface area contributed by atoms with Crippen LogP contribution in [-0.2, 0) is 0 Å². The van der Waals surface area contributed by atoms with E-state index in [4.69, 9.17) is 10.5 Å². The Morgan fingerprint density at radius 1 is 1.00 bits per heavy atom. The van der Waals surface area contributed by atoms with Crippen molar-refractivity contribution in [3.05, 3.63) is 0 Å². The Labute approximate surface area is 126 Å². The lowest BCUT2D eigenvalue weighted by molar-refractivity contribution is 0.0923. The minimum atomic E-state index is 0.203. The molecule has 2 unspecified atom stereocenters. The number of hydrogen-bond acceptors (Lipinski definition) is 6. The number of nitrogens with zero attached hydrogens (tertiary/aromatic N) is 4. The summed E-state index contributed by atoms with van der Waals surface area (Å²) in [4.78, 5) is 15.1. The second kappa shape index (κ2) is 6.45. The summed E-state index contributed by atoms with van der Waals surface area (Å²) >= 11 is 0. The van der Waals surface area contributed by atoms with Crippen LogP contribution in [0.15, 0.2) is 0 Å². The third kappa shape index (κ3) is 3.54. The molecule has 2 aliphatic rings. The van der Waals surface area contributed by atoms with Crippen LogP contribution in [0.2, 0.25) is 0 Å². The number of rotatable bonds is 3. The Kier molecular flexibility index (Phi) is 4.41. The van der Waals surface area contributed by atoms with Crippen molar-refractivity contribution in [2.45, 2.75) is 58.0 Å². The molecule has 0 spiro atoms. The van der Waals surface area contributed by atoms with E-state index in [1.54, 1.807) is 0 Å². The number of aromatic nitrogens is 3. The third-order valence-electron chi connectivity index (χ3n) is 4.55. The zero-order valence-corrected chi connectivity index (χ0v) is 12.8. The molecule has 1 saturated heterocycles. The van der Waals surface area contributed by atoms with Crippen LogP contribution in [0.25, 0.3) is 0 Å². The normalized spacial score (nSPS) is 26.6. The summed E-state index contributed by atoms with van der Waals surface area (Å²) in [6.45, 7) is 4.21. The van der Waals surface area contributed by atoms with Gasteiger partial charge < -0.3 is 15.4 Å². The Bertz CT molecular complexity index is 475. The first kappa shape index (κ1) is 14.4. The highest BCUT2D eigenvalue weighted by Gasteiger charge is 2.25. The molecule has 0 bridgehead atoms. The quantitative estimate of drug-likeness (QED) is 0.921. The maximum atomic E-state index is 6.01. The van der Waals surface area contributed by atoms with Crippen LogP contribution in [0.5, 0.6) is 6.01 Å². The fourth-order valence-electron chi connectivity index (χ4n) is 3.24. The lowest BCUT2D eigenvalue weighted by atomic mass is 9.88. The third-order valence-corrected chi connectivity index (χ3v) is 4.55. The minimum Gasteiger partial charge on any atom is -0.460 e. The first-order valence-electron chi connectivity index (χ1n) is 8.15.